The minimum Gasteiger partial charge on any atom is -0.481 e. The van der Waals surface area contributed by atoms with Gasteiger partial charge in [-0.15, -0.1) is 0 Å². The predicted molar refractivity (Wildman–Crippen MR) is 87.7 cm³/mol. The van der Waals surface area contributed by atoms with E-state index in [0.29, 0.717) is 0 Å². The molecule has 21 heavy (non-hydrogen) atoms. The second-order valence-corrected chi connectivity index (χ2v) is 6.40. The van der Waals surface area contributed by atoms with E-state index in [1.807, 2.05) is 0 Å². The molecule has 0 unspecified atom stereocenters. The van der Waals surface area contributed by atoms with Gasteiger partial charge in [0.15, 0.2) is 0 Å². The van der Waals surface area contributed by atoms with E-state index in [-0.39, 0.29) is 0 Å². The molecule has 1 aliphatic rings. The van der Waals surface area contributed by atoms with E-state index in [4.69, 9.17) is 0 Å². The van der Waals surface area contributed by atoms with Gasteiger partial charge in [0.1, 0.15) is 0 Å². The summed E-state index contributed by atoms with van der Waals surface area (Å²) in [4.78, 5) is 16.5. The Bertz CT molecular complexity index is 297. The fraction of sp³-hybridized carbons (Fsp3) is 0.941. The van der Waals surface area contributed by atoms with E-state index in [0.717, 1.165) is 71.4 Å². The van der Waals surface area contributed by atoms with Crippen molar-refractivity contribution in [2.24, 2.45) is 5.41 Å². The van der Waals surface area contributed by atoms with Crippen LogP contribution in [-0.4, -0.2) is 60.1 Å². The zero-order chi connectivity index (χ0) is 15.7. The molecule has 4 heteroatoms. The third-order valence-electron chi connectivity index (χ3n) is 5.08. The highest BCUT2D eigenvalue weighted by atomic mass is 16.4. The van der Waals surface area contributed by atoms with Gasteiger partial charge in [0, 0.05) is 6.54 Å². The molecular formula is C17H34N2O2. The van der Waals surface area contributed by atoms with Crippen LogP contribution in [0.4, 0.5) is 0 Å². The van der Waals surface area contributed by atoms with Gasteiger partial charge in [-0.3, -0.25) is 4.79 Å². The van der Waals surface area contributed by atoms with Crippen molar-refractivity contribution in [2.75, 3.05) is 39.3 Å². The van der Waals surface area contributed by atoms with Crippen molar-refractivity contribution < 1.29 is 9.90 Å². The van der Waals surface area contributed by atoms with Crippen LogP contribution in [0.5, 0.6) is 0 Å². The Balaban J connectivity index is 2.49. The lowest BCUT2D eigenvalue weighted by Crippen LogP contribution is -2.45. The minimum atomic E-state index is -0.579. The van der Waals surface area contributed by atoms with Crippen molar-refractivity contribution in [1.29, 1.82) is 0 Å². The van der Waals surface area contributed by atoms with E-state index in [1.165, 1.54) is 6.42 Å². The largest absolute Gasteiger partial charge is 0.481 e. The monoisotopic (exact) mass is 298 g/mol. The van der Waals surface area contributed by atoms with Gasteiger partial charge in [-0.25, -0.2) is 0 Å². The average molecular weight is 298 g/mol. The van der Waals surface area contributed by atoms with Crippen molar-refractivity contribution in [3.05, 3.63) is 0 Å². The zero-order valence-electron chi connectivity index (χ0n) is 14.2. The second kappa shape index (κ2) is 9.42. The molecule has 0 aliphatic heterocycles. The van der Waals surface area contributed by atoms with Gasteiger partial charge in [-0.2, -0.15) is 0 Å². The van der Waals surface area contributed by atoms with E-state index >= 15 is 0 Å². The van der Waals surface area contributed by atoms with E-state index in [9.17, 15) is 9.90 Å². The summed E-state index contributed by atoms with van der Waals surface area (Å²) in [5.74, 6) is -0.579. The lowest BCUT2D eigenvalue weighted by molar-refractivity contribution is -0.152. The lowest BCUT2D eigenvalue weighted by atomic mass is 9.73. The van der Waals surface area contributed by atoms with Crippen LogP contribution in [0, 0.1) is 5.41 Å². The third-order valence-corrected chi connectivity index (χ3v) is 5.08. The van der Waals surface area contributed by atoms with Crippen LogP contribution in [0.15, 0.2) is 0 Å². The van der Waals surface area contributed by atoms with E-state index in [2.05, 4.69) is 30.6 Å². The SMILES string of the molecule is CCN(CC)CCCN(CC)CC1(C(=O)O)CCCCC1. The maximum Gasteiger partial charge on any atom is 0.310 e. The molecule has 124 valence electrons. The van der Waals surface area contributed by atoms with Crippen LogP contribution in [0.25, 0.3) is 0 Å². The highest BCUT2D eigenvalue weighted by Gasteiger charge is 2.40. The normalized spacial score (nSPS) is 18.3. The number of rotatable bonds is 10. The Morgan fingerprint density at radius 1 is 0.952 bits per heavy atom. The summed E-state index contributed by atoms with van der Waals surface area (Å²) in [5.41, 5.74) is -0.483. The molecule has 0 aromatic carbocycles. The van der Waals surface area contributed by atoms with Gasteiger partial charge in [-0.1, -0.05) is 40.0 Å². The summed E-state index contributed by atoms with van der Waals surface area (Å²) >= 11 is 0. The third kappa shape index (κ3) is 5.59. The molecule has 1 saturated carbocycles. The summed E-state index contributed by atoms with van der Waals surface area (Å²) in [6.45, 7) is 12.6. The molecule has 1 N–H and O–H groups in total. The fourth-order valence-electron chi connectivity index (χ4n) is 3.50. The maximum atomic E-state index is 11.8. The molecule has 0 bridgehead atoms. The highest BCUT2D eigenvalue weighted by molar-refractivity contribution is 5.75. The first kappa shape index (κ1) is 18.4. The number of carboxylic acid groups (broad SMARTS) is 1. The number of nitrogens with zero attached hydrogens (tertiary/aromatic N) is 2. The highest BCUT2D eigenvalue weighted by Crippen LogP contribution is 2.37. The summed E-state index contributed by atoms with van der Waals surface area (Å²) < 4.78 is 0. The van der Waals surface area contributed by atoms with Crippen LogP contribution in [0.3, 0.4) is 0 Å². The summed E-state index contributed by atoms with van der Waals surface area (Å²) in [6, 6.07) is 0. The molecule has 0 aromatic heterocycles. The van der Waals surface area contributed by atoms with Gasteiger partial charge in [0.05, 0.1) is 5.41 Å². The van der Waals surface area contributed by atoms with E-state index in [1.54, 1.807) is 0 Å². The van der Waals surface area contributed by atoms with Crippen LogP contribution < -0.4 is 0 Å². The standard InChI is InChI=1S/C17H34N2O2/c1-4-18(5-2)13-10-14-19(6-3)15-17(16(20)21)11-8-7-9-12-17/h4-15H2,1-3H3,(H,20,21). The molecule has 1 fully saturated rings. The van der Waals surface area contributed by atoms with Crippen LogP contribution in [0.2, 0.25) is 0 Å². The molecule has 0 aromatic rings. The molecule has 1 aliphatic carbocycles. The Labute approximate surface area is 130 Å². The number of hydrogen-bond acceptors (Lipinski definition) is 3. The van der Waals surface area contributed by atoms with Gasteiger partial charge < -0.3 is 14.9 Å². The lowest BCUT2D eigenvalue weighted by Gasteiger charge is -2.37. The molecule has 0 saturated heterocycles. The minimum absolute atomic E-state index is 0.483. The topological polar surface area (TPSA) is 43.8 Å². The smallest absolute Gasteiger partial charge is 0.310 e. The molecule has 1 rings (SSSR count). The van der Waals surface area contributed by atoms with E-state index < -0.39 is 11.4 Å². The first-order chi connectivity index (χ1) is 10.1. The van der Waals surface area contributed by atoms with Crippen LogP contribution >= 0.6 is 0 Å². The quantitative estimate of drug-likeness (QED) is 0.673. The fourth-order valence-corrected chi connectivity index (χ4v) is 3.50. The number of carboxylic acids is 1. The average Bonchev–Trinajstić information content (AvgIpc) is 2.51. The van der Waals surface area contributed by atoms with Crippen molar-refractivity contribution in [2.45, 2.75) is 59.3 Å². The summed E-state index contributed by atoms with van der Waals surface area (Å²) in [7, 11) is 0. The first-order valence-electron chi connectivity index (χ1n) is 8.76. The summed E-state index contributed by atoms with van der Waals surface area (Å²) in [5, 5.41) is 9.69. The van der Waals surface area contributed by atoms with Crippen LogP contribution in [-0.2, 0) is 4.79 Å². The van der Waals surface area contributed by atoms with Gasteiger partial charge in [-0.05, 0) is 52.0 Å². The van der Waals surface area contributed by atoms with Gasteiger partial charge >= 0.3 is 5.97 Å². The number of carbonyl (C=O) groups is 1. The van der Waals surface area contributed by atoms with Crippen molar-refractivity contribution >= 4 is 5.97 Å². The van der Waals surface area contributed by atoms with Gasteiger partial charge in [0.2, 0.25) is 0 Å². The molecule has 0 amide bonds. The van der Waals surface area contributed by atoms with Crippen molar-refractivity contribution in [1.82, 2.24) is 9.80 Å². The molecule has 0 spiro atoms. The Kier molecular flexibility index (Phi) is 8.27. The second-order valence-electron chi connectivity index (χ2n) is 6.40. The zero-order valence-corrected chi connectivity index (χ0v) is 14.2. The molecular weight excluding hydrogens is 264 g/mol. The number of aliphatic carboxylic acids is 1. The predicted octanol–water partition coefficient (Wildman–Crippen LogP) is 3.08. The molecule has 4 nitrogen and oxygen atoms in total. The van der Waals surface area contributed by atoms with Crippen molar-refractivity contribution in [3.8, 4) is 0 Å². The molecule has 0 atom stereocenters. The Morgan fingerprint density at radius 3 is 1.95 bits per heavy atom. The van der Waals surface area contributed by atoms with Crippen LogP contribution in [0.1, 0.15) is 59.3 Å². The Hall–Kier alpha value is -0.610. The van der Waals surface area contributed by atoms with Gasteiger partial charge in [0.25, 0.3) is 0 Å². The molecule has 0 heterocycles. The first-order valence-corrected chi connectivity index (χ1v) is 8.76. The number of hydrogen-bond donors (Lipinski definition) is 1. The maximum absolute atomic E-state index is 11.8. The molecule has 0 radical (unpaired) electrons. The summed E-state index contributed by atoms with van der Waals surface area (Å²) in [6.07, 6.45) is 6.19. The van der Waals surface area contributed by atoms with Crippen molar-refractivity contribution in [3.63, 3.8) is 0 Å². The Morgan fingerprint density at radius 2 is 1.48 bits per heavy atom.